The zero-order chi connectivity index (χ0) is 15.8. The highest BCUT2D eigenvalue weighted by molar-refractivity contribution is 7.99. The highest BCUT2D eigenvalue weighted by Gasteiger charge is 2.20. The van der Waals surface area contributed by atoms with Crippen LogP contribution in [0.25, 0.3) is 0 Å². The molecule has 0 aromatic heterocycles. The third-order valence-corrected chi connectivity index (χ3v) is 4.60. The molecule has 1 amide bonds. The lowest BCUT2D eigenvalue weighted by Gasteiger charge is -2.21. The van der Waals surface area contributed by atoms with E-state index in [1.807, 2.05) is 24.3 Å². The first-order valence-corrected chi connectivity index (χ1v) is 8.59. The number of amides is 1. The molecule has 1 heterocycles. The Morgan fingerprint density at radius 1 is 1.36 bits per heavy atom. The van der Waals surface area contributed by atoms with Crippen molar-refractivity contribution in [3.63, 3.8) is 0 Å². The Bertz CT molecular complexity index is 516. The van der Waals surface area contributed by atoms with E-state index in [4.69, 9.17) is 0 Å². The van der Waals surface area contributed by atoms with Crippen molar-refractivity contribution in [2.45, 2.75) is 18.6 Å². The first kappa shape index (κ1) is 16.8. The van der Waals surface area contributed by atoms with E-state index >= 15 is 0 Å². The number of esters is 1. The van der Waals surface area contributed by atoms with E-state index in [9.17, 15) is 9.59 Å². The number of ether oxygens (including phenoxy) is 1. The van der Waals surface area contributed by atoms with Crippen LogP contribution in [0.1, 0.15) is 18.4 Å². The number of carbonyl (C=O) groups excluding carboxylic acids is 2. The van der Waals surface area contributed by atoms with Gasteiger partial charge in [-0.25, -0.2) is 0 Å². The third kappa shape index (κ3) is 5.35. The van der Waals surface area contributed by atoms with Gasteiger partial charge in [0.15, 0.2) is 0 Å². The fourth-order valence-corrected chi connectivity index (χ4v) is 3.18. The van der Waals surface area contributed by atoms with Gasteiger partial charge in [0.05, 0.1) is 12.9 Å². The minimum atomic E-state index is -0.222. The summed E-state index contributed by atoms with van der Waals surface area (Å²) in [7, 11) is 1.39. The highest BCUT2D eigenvalue weighted by Crippen LogP contribution is 2.19. The maximum atomic E-state index is 12.2. The van der Waals surface area contributed by atoms with Crippen molar-refractivity contribution in [1.82, 2.24) is 5.32 Å². The predicted molar refractivity (Wildman–Crippen MR) is 88.8 cm³/mol. The Morgan fingerprint density at radius 3 is 2.86 bits per heavy atom. The van der Waals surface area contributed by atoms with Crippen LogP contribution in [0.5, 0.6) is 0 Å². The maximum Gasteiger partial charge on any atom is 0.315 e. The molecule has 6 heteroatoms. The molecule has 22 heavy (non-hydrogen) atoms. The predicted octanol–water partition coefficient (Wildman–Crippen LogP) is 2.03. The van der Waals surface area contributed by atoms with Crippen LogP contribution in [0, 0.1) is 5.92 Å². The van der Waals surface area contributed by atoms with Crippen molar-refractivity contribution in [2.24, 2.45) is 5.92 Å². The van der Waals surface area contributed by atoms with Gasteiger partial charge in [0, 0.05) is 17.4 Å². The number of hydrogen-bond donors (Lipinski definition) is 2. The Morgan fingerprint density at radius 2 is 2.14 bits per heavy atom. The first-order valence-electron chi connectivity index (χ1n) is 7.44. The van der Waals surface area contributed by atoms with Gasteiger partial charge in [-0.15, -0.1) is 11.8 Å². The molecule has 0 spiro atoms. The number of carbonyl (C=O) groups is 2. The summed E-state index contributed by atoms with van der Waals surface area (Å²) in [5.41, 5.74) is 1.90. The molecule has 1 aliphatic rings. The van der Waals surface area contributed by atoms with Gasteiger partial charge in [0.25, 0.3) is 0 Å². The molecule has 2 N–H and O–H groups in total. The lowest BCUT2D eigenvalue weighted by molar-refractivity contribution is -0.137. The van der Waals surface area contributed by atoms with Crippen molar-refractivity contribution in [1.29, 1.82) is 0 Å². The molecule has 120 valence electrons. The van der Waals surface area contributed by atoms with E-state index < -0.39 is 0 Å². The van der Waals surface area contributed by atoms with Crippen LogP contribution in [0.4, 0.5) is 5.69 Å². The van der Waals surface area contributed by atoms with E-state index in [0.717, 1.165) is 37.2 Å². The normalized spacial score (nSPS) is 15.3. The highest BCUT2D eigenvalue weighted by atomic mass is 32.2. The van der Waals surface area contributed by atoms with Crippen molar-refractivity contribution in [2.75, 3.05) is 31.3 Å². The Balaban J connectivity index is 1.85. The van der Waals surface area contributed by atoms with Gasteiger partial charge < -0.3 is 15.4 Å². The molecular formula is C16H22N2O3S. The summed E-state index contributed by atoms with van der Waals surface area (Å²) in [4.78, 5) is 23.3. The quantitative estimate of drug-likeness (QED) is 0.785. The SMILES string of the molecule is COC(=O)CSCc1cccc(NC(=O)C2CCNCC2)c1. The monoisotopic (exact) mass is 322 g/mol. The number of benzene rings is 1. The molecule has 1 fully saturated rings. The van der Waals surface area contributed by atoms with Crippen molar-refractivity contribution in [3.05, 3.63) is 29.8 Å². The fraction of sp³-hybridized carbons (Fsp3) is 0.500. The summed E-state index contributed by atoms with van der Waals surface area (Å²) in [5.74, 6) is 1.02. The molecule has 0 atom stereocenters. The maximum absolute atomic E-state index is 12.2. The van der Waals surface area contributed by atoms with Crippen LogP contribution in [-0.4, -0.2) is 37.8 Å². The molecule has 2 rings (SSSR count). The number of nitrogens with one attached hydrogen (secondary N) is 2. The van der Waals surface area contributed by atoms with E-state index in [1.54, 1.807) is 0 Å². The summed E-state index contributed by atoms with van der Waals surface area (Å²) in [6, 6.07) is 7.77. The summed E-state index contributed by atoms with van der Waals surface area (Å²) >= 11 is 1.50. The van der Waals surface area contributed by atoms with Crippen LogP contribution >= 0.6 is 11.8 Å². The van der Waals surface area contributed by atoms with Crippen LogP contribution in [0.2, 0.25) is 0 Å². The smallest absolute Gasteiger partial charge is 0.315 e. The number of rotatable bonds is 6. The van der Waals surface area contributed by atoms with Crippen molar-refractivity contribution < 1.29 is 14.3 Å². The van der Waals surface area contributed by atoms with Gasteiger partial charge in [-0.05, 0) is 43.6 Å². The topological polar surface area (TPSA) is 67.4 Å². The van der Waals surface area contributed by atoms with Gasteiger partial charge in [-0.3, -0.25) is 9.59 Å². The lowest BCUT2D eigenvalue weighted by Crippen LogP contribution is -2.34. The molecule has 1 saturated heterocycles. The summed E-state index contributed by atoms with van der Waals surface area (Å²) in [6.07, 6.45) is 1.78. The fourth-order valence-electron chi connectivity index (χ4n) is 2.38. The molecule has 1 aliphatic heterocycles. The van der Waals surface area contributed by atoms with E-state index in [2.05, 4.69) is 15.4 Å². The number of methoxy groups -OCH3 is 1. The number of thioether (sulfide) groups is 1. The number of hydrogen-bond acceptors (Lipinski definition) is 5. The van der Waals surface area contributed by atoms with Crippen molar-refractivity contribution >= 4 is 29.3 Å². The molecule has 0 bridgehead atoms. The van der Waals surface area contributed by atoms with E-state index in [1.165, 1.54) is 18.9 Å². The summed E-state index contributed by atoms with van der Waals surface area (Å²) < 4.78 is 4.61. The van der Waals surface area contributed by atoms with Crippen LogP contribution < -0.4 is 10.6 Å². The second kappa shape index (κ2) is 8.80. The number of piperidine rings is 1. The standard InChI is InChI=1S/C16H22N2O3S/c1-21-15(19)11-22-10-12-3-2-4-14(9-12)18-16(20)13-5-7-17-8-6-13/h2-4,9,13,17H,5-8,10-11H2,1H3,(H,18,20). The molecule has 1 aromatic carbocycles. The molecule has 0 unspecified atom stereocenters. The Labute approximate surface area is 135 Å². The van der Waals surface area contributed by atoms with Gasteiger partial charge in [0.1, 0.15) is 0 Å². The summed E-state index contributed by atoms with van der Waals surface area (Å²) in [6.45, 7) is 1.81. The Hall–Kier alpha value is -1.53. The van der Waals surface area contributed by atoms with Crippen LogP contribution in [-0.2, 0) is 20.1 Å². The number of anilines is 1. The minimum Gasteiger partial charge on any atom is -0.468 e. The molecule has 0 radical (unpaired) electrons. The first-order chi connectivity index (χ1) is 10.7. The molecule has 0 saturated carbocycles. The van der Waals surface area contributed by atoms with Gasteiger partial charge in [-0.1, -0.05) is 12.1 Å². The van der Waals surface area contributed by atoms with Gasteiger partial charge in [-0.2, -0.15) is 0 Å². The Kier molecular flexibility index (Phi) is 6.74. The zero-order valence-corrected chi connectivity index (χ0v) is 13.6. The molecule has 5 nitrogen and oxygen atoms in total. The van der Waals surface area contributed by atoms with E-state index in [-0.39, 0.29) is 17.8 Å². The minimum absolute atomic E-state index is 0.0959. The van der Waals surface area contributed by atoms with Crippen LogP contribution in [0.3, 0.4) is 0 Å². The average molecular weight is 322 g/mol. The molecule has 1 aromatic rings. The lowest BCUT2D eigenvalue weighted by atomic mass is 9.97. The largest absolute Gasteiger partial charge is 0.468 e. The van der Waals surface area contributed by atoms with Crippen LogP contribution in [0.15, 0.2) is 24.3 Å². The second-order valence-corrected chi connectivity index (χ2v) is 6.27. The van der Waals surface area contributed by atoms with Gasteiger partial charge in [0.2, 0.25) is 5.91 Å². The van der Waals surface area contributed by atoms with E-state index in [0.29, 0.717) is 11.5 Å². The molecule has 0 aliphatic carbocycles. The van der Waals surface area contributed by atoms with Gasteiger partial charge >= 0.3 is 5.97 Å². The van der Waals surface area contributed by atoms with Crippen molar-refractivity contribution in [3.8, 4) is 0 Å². The second-order valence-electron chi connectivity index (χ2n) is 5.28. The molecular weight excluding hydrogens is 300 g/mol. The average Bonchev–Trinajstić information content (AvgIpc) is 2.56. The summed E-state index contributed by atoms with van der Waals surface area (Å²) in [5, 5.41) is 6.25. The zero-order valence-electron chi connectivity index (χ0n) is 12.8. The third-order valence-electron chi connectivity index (χ3n) is 3.62.